The molecule has 1 aliphatic heterocycles. The van der Waals surface area contributed by atoms with Gasteiger partial charge in [0, 0.05) is 18.6 Å². The van der Waals surface area contributed by atoms with Crippen molar-refractivity contribution in [1.82, 2.24) is 10.2 Å². The lowest BCUT2D eigenvalue weighted by Gasteiger charge is -2.24. The lowest BCUT2D eigenvalue weighted by molar-refractivity contribution is -0.141. The fourth-order valence-corrected chi connectivity index (χ4v) is 3.18. The number of urea groups is 1. The van der Waals surface area contributed by atoms with E-state index in [4.69, 9.17) is 5.11 Å². The van der Waals surface area contributed by atoms with Crippen LogP contribution >= 0.6 is 0 Å². The van der Waals surface area contributed by atoms with E-state index in [1.807, 2.05) is 4.90 Å². The van der Waals surface area contributed by atoms with Gasteiger partial charge in [-0.2, -0.15) is 0 Å². The smallest absolute Gasteiger partial charge is 0.317 e. The number of rotatable bonds is 2. The summed E-state index contributed by atoms with van der Waals surface area (Å²) < 4.78 is 0. The van der Waals surface area contributed by atoms with Gasteiger partial charge in [0.15, 0.2) is 0 Å². The van der Waals surface area contributed by atoms with Gasteiger partial charge >= 0.3 is 12.0 Å². The number of nitrogens with zero attached hydrogens (tertiary/aromatic N) is 1. The Hall–Kier alpha value is -1.26. The predicted molar refractivity (Wildman–Crippen MR) is 67.2 cm³/mol. The Labute approximate surface area is 108 Å². The molecule has 0 radical (unpaired) electrons. The predicted octanol–water partition coefficient (Wildman–Crippen LogP) is 1.68. The van der Waals surface area contributed by atoms with Gasteiger partial charge in [-0.3, -0.25) is 4.79 Å². The second kappa shape index (κ2) is 5.16. The first-order chi connectivity index (χ1) is 8.47. The first kappa shape index (κ1) is 13.2. The first-order valence-electron chi connectivity index (χ1n) is 6.77. The van der Waals surface area contributed by atoms with Crippen LogP contribution in [0.5, 0.6) is 0 Å². The van der Waals surface area contributed by atoms with Gasteiger partial charge in [-0.25, -0.2) is 4.79 Å². The Kier molecular flexibility index (Phi) is 3.78. The van der Waals surface area contributed by atoms with Crippen molar-refractivity contribution in [1.29, 1.82) is 0 Å². The third-order valence-corrected chi connectivity index (χ3v) is 4.15. The summed E-state index contributed by atoms with van der Waals surface area (Å²) in [6.45, 7) is 5.03. The minimum Gasteiger partial charge on any atom is -0.481 e. The van der Waals surface area contributed by atoms with Gasteiger partial charge in [0.2, 0.25) is 0 Å². The van der Waals surface area contributed by atoms with Gasteiger partial charge in [-0.05, 0) is 38.5 Å². The van der Waals surface area contributed by atoms with E-state index >= 15 is 0 Å². The molecule has 1 aliphatic carbocycles. The molecule has 2 amide bonds. The molecule has 0 aromatic carbocycles. The van der Waals surface area contributed by atoms with E-state index in [1.165, 1.54) is 0 Å². The molecule has 0 spiro atoms. The van der Waals surface area contributed by atoms with Crippen LogP contribution < -0.4 is 5.32 Å². The third-order valence-electron chi connectivity index (χ3n) is 4.15. The molecular formula is C13H22N2O3. The standard InChI is InChI=1S/C13H22N2O3/c1-8-5-9(2)15(7-8)13(18)14-11-4-3-10(6-11)12(16)17/h8-11H,3-7H2,1-2H3,(H,14,18)(H,16,17). The number of likely N-dealkylation sites (tertiary alicyclic amines) is 1. The zero-order valence-electron chi connectivity index (χ0n) is 11.1. The highest BCUT2D eigenvalue weighted by molar-refractivity contribution is 5.76. The van der Waals surface area contributed by atoms with Crippen molar-refractivity contribution in [2.24, 2.45) is 11.8 Å². The summed E-state index contributed by atoms with van der Waals surface area (Å²) in [5.74, 6) is -0.471. The Bertz CT molecular complexity index is 345. The van der Waals surface area contributed by atoms with Crippen LogP contribution in [-0.4, -0.2) is 40.6 Å². The Morgan fingerprint density at radius 3 is 2.44 bits per heavy atom. The summed E-state index contributed by atoms with van der Waals surface area (Å²) in [7, 11) is 0. The van der Waals surface area contributed by atoms with Crippen molar-refractivity contribution in [2.75, 3.05) is 6.54 Å². The fraction of sp³-hybridized carbons (Fsp3) is 0.846. The number of carbonyl (C=O) groups is 2. The third kappa shape index (κ3) is 2.76. The second-order valence-electron chi connectivity index (χ2n) is 5.84. The monoisotopic (exact) mass is 254 g/mol. The quantitative estimate of drug-likeness (QED) is 0.787. The van der Waals surface area contributed by atoms with E-state index in [0.29, 0.717) is 18.8 Å². The number of hydrogen-bond donors (Lipinski definition) is 2. The molecule has 1 saturated carbocycles. The molecule has 1 saturated heterocycles. The molecule has 0 bridgehead atoms. The average molecular weight is 254 g/mol. The van der Waals surface area contributed by atoms with E-state index in [-0.39, 0.29) is 24.0 Å². The van der Waals surface area contributed by atoms with Gasteiger partial charge in [0.1, 0.15) is 0 Å². The molecule has 2 rings (SSSR count). The van der Waals surface area contributed by atoms with Crippen LogP contribution in [0.3, 0.4) is 0 Å². The Morgan fingerprint density at radius 2 is 1.94 bits per heavy atom. The molecule has 1 heterocycles. The minimum absolute atomic E-state index is 0.0251. The molecule has 0 aromatic rings. The van der Waals surface area contributed by atoms with Crippen molar-refractivity contribution >= 4 is 12.0 Å². The lowest BCUT2D eigenvalue weighted by atomic mass is 10.1. The van der Waals surface area contributed by atoms with Crippen molar-refractivity contribution in [2.45, 2.75) is 51.6 Å². The summed E-state index contributed by atoms with van der Waals surface area (Å²) in [6, 6.07) is 0.293. The molecule has 4 unspecified atom stereocenters. The normalized spacial score (nSPS) is 35.8. The molecule has 2 aliphatic rings. The maximum Gasteiger partial charge on any atom is 0.317 e. The van der Waals surface area contributed by atoms with Crippen LogP contribution in [0, 0.1) is 11.8 Å². The molecule has 5 nitrogen and oxygen atoms in total. The van der Waals surface area contributed by atoms with E-state index < -0.39 is 5.97 Å². The van der Waals surface area contributed by atoms with Gasteiger partial charge < -0.3 is 15.3 Å². The summed E-state index contributed by atoms with van der Waals surface area (Å²) in [5.41, 5.74) is 0. The summed E-state index contributed by atoms with van der Waals surface area (Å²) >= 11 is 0. The van der Waals surface area contributed by atoms with Gasteiger partial charge in [-0.1, -0.05) is 6.92 Å². The molecule has 0 aromatic heterocycles. The highest BCUT2D eigenvalue weighted by Gasteiger charge is 2.34. The molecule has 4 atom stereocenters. The van der Waals surface area contributed by atoms with Crippen LogP contribution in [0.15, 0.2) is 0 Å². The van der Waals surface area contributed by atoms with E-state index in [9.17, 15) is 9.59 Å². The molecule has 2 N–H and O–H groups in total. The van der Waals surface area contributed by atoms with Crippen LogP contribution in [0.1, 0.15) is 39.5 Å². The minimum atomic E-state index is -0.741. The second-order valence-corrected chi connectivity index (χ2v) is 5.84. The van der Waals surface area contributed by atoms with Crippen LogP contribution in [0.2, 0.25) is 0 Å². The Morgan fingerprint density at radius 1 is 1.22 bits per heavy atom. The lowest BCUT2D eigenvalue weighted by Crippen LogP contribution is -2.45. The molecular weight excluding hydrogens is 232 g/mol. The fourth-order valence-electron chi connectivity index (χ4n) is 3.18. The number of aliphatic carboxylic acids is 1. The number of hydrogen-bond acceptors (Lipinski definition) is 2. The highest BCUT2D eigenvalue weighted by atomic mass is 16.4. The topological polar surface area (TPSA) is 69.6 Å². The van der Waals surface area contributed by atoms with Crippen molar-refractivity contribution in [3.63, 3.8) is 0 Å². The van der Waals surface area contributed by atoms with Crippen LogP contribution in [0.25, 0.3) is 0 Å². The van der Waals surface area contributed by atoms with Gasteiger partial charge in [-0.15, -0.1) is 0 Å². The highest BCUT2D eigenvalue weighted by Crippen LogP contribution is 2.27. The van der Waals surface area contributed by atoms with Crippen LogP contribution in [-0.2, 0) is 4.79 Å². The number of carboxylic acid groups (broad SMARTS) is 1. The van der Waals surface area contributed by atoms with Gasteiger partial charge in [0.05, 0.1) is 5.92 Å². The largest absolute Gasteiger partial charge is 0.481 e. The number of carboxylic acids is 1. The van der Waals surface area contributed by atoms with Crippen molar-refractivity contribution < 1.29 is 14.7 Å². The van der Waals surface area contributed by atoms with Crippen molar-refractivity contribution in [3.8, 4) is 0 Å². The Balaban J connectivity index is 1.83. The molecule has 18 heavy (non-hydrogen) atoms. The number of carbonyl (C=O) groups excluding carboxylic acids is 1. The van der Waals surface area contributed by atoms with E-state index in [2.05, 4.69) is 19.2 Å². The maximum atomic E-state index is 12.1. The number of nitrogens with one attached hydrogen (secondary N) is 1. The zero-order valence-corrected chi connectivity index (χ0v) is 11.1. The summed E-state index contributed by atoms with van der Waals surface area (Å²) in [4.78, 5) is 24.8. The molecule has 2 fully saturated rings. The average Bonchev–Trinajstić information content (AvgIpc) is 2.85. The molecule has 5 heteroatoms. The first-order valence-corrected chi connectivity index (χ1v) is 6.77. The summed E-state index contributed by atoms with van der Waals surface area (Å²) in [6.07, 6.45) is 3.07. The maximum absolute atomic E-state index is 12.1. The molecule has 102 valence electrons. The summed E-state index contributed by atoms with van der Waals surface area (Å²) in [5, 5.41) is 11.9. The zero-order chi connectivity index (χ0) is 13.3. The van der Waals surface area contributed by atoms with E-state index in [0.717, 1.165) is 19.4 Å². The van der Waals surface area contributed by atoms with Gasteiger partial charge in [0.25, 0.3) is 0 Å². The van der Waals surface area contributed by atoms with Crippen molar-refractivity contribution in [3.05, 3.63) is 0 Å². The SMILES string of the molecule is CC1CC(C)N(C(=O)NC2CCC(C(=O)O)C2)C1. The van der Waals surface area contributed by atoms with Crippen LogP contribution in [0.4, 0.5) is 4.79 Å². The number of amides is 2. The van der Waals surface area contributed by atoms with E-state index in [1.54, 1.807) is 0 Å².